The zero-order valence-electron chi connectivity index (χ0n) is 25.2. The number of guanidine groups is 1. The molecule has 4 atom stereocenters. The maximum absolute atomic E-state index is 13.7. The van der Waals surface area contributed by atoms with Crippen molar-refractivity contribution in [2.75, 3.05) is 26.2 Å². The third-order valence-electron chi connectivity index (χ3n) is 9.36. The average molecular weight is 630 g/mol. The number of thiazole rings is 1. The number of carbonyl (C=O) groups is 4. The standard InChI is InChI=1S/C33H39N7O4S/c34-33(35)39-16-4-6-21(19-39)18-25(29(42)31-36-14-17-45-31)37-30(43)26-12-13-27-32(44)38(20-28(41)40(26)27)15-5-10-23-9-3-8-22-7-1-2-11-24(22)23/h1-3,7-9,11,14,17,21,25-27H,4-6,10,12-13,15-16,18-20H2,(H3,34,35)(H,37,43)/t21-,25-,26-,27-/m0/s1. The lowest BCUT2D eigenvalue weighted by atomic mass is 9.89. The number of fused-ring (bicyclic) bond motifs is 2. The van der Waals surface area contributed by atoms with E-state index in [9.17, 15) is 19.2 Å². The summed E-state index contributed by atoms with van der Waals surface area (Å²) in [7, 11) is 0. The molecule has 11 nitrogen and oxygen atoms in total. The highest BCUT2D eigenvalue weighted by Gasteiger charge is 2.49. The number of amides is 3. The highest BCUT2D eigenvalue weighted by Crippen LogP contribution is 2.31. The first-order valence-corrected chi connectivity index (χ1v) is 16.6. The highest BCUT2D eigenvalue weighted by molar-refractivity contribution is 7.11. The summed E-state index contributed by atoms with van der Waals surface area (Å²) in [5.41, 5.74) is 6.94. The smallest absolute Gasteiger partial charge is 0.245 e. The lowest BCUT2D eigenvalue weighted by Crippen LogP contribution is -2.62. The van der Waals surface area contributed by atoms with E-state index < -0.39 is 24.0 Å². The number of piperazine rings is 1. The van der Waals surface area contributed by atoms with Gasteiger partial charge in [0.25, 0.3) is 0 Å². The van der Waals surface area contributed by atoms with Crippen LogP contribution < -0.4 is 11.1 Å². The van der Waals surface area contributed by atoms with Gasteiger partial charge in [0.05, 0.1) is 12.6 Å². The fraction of sp³-hybridized carbons (Fsp3) is 0.455. The summed E-state index contributed by atoms with van der Waals surface area (Å²) in [4.78, 5) is 63.1. The van der Waals surface area contributed by atoms with Gasteiger partial charge in [0.2, 0.25) is 23.5 Å². The predicted molar refractivity (Wildman–Crippen MR) is 172 cm³/mol. The summed E-state index contributed by atoms with van der Waals surface area (Å²) in [5, 5.41) is 15.2. The number of aromatic nitrogens is 1. The third-order valence-corrected chi connectivity index (χ3v) is 10.1. The van der Waals surface area contributed by atoms with E-state index in [2.05, 4.69) is 34.6 Å². The van der Waals surface area contributed by atoms with Crippen molar-refractivity contribution in [3.05, 3.63) is 64.6 Å². The number of Topliss-reactive ketones (excluding diaryl/α,β-unsaturated/α-hetero) is 1. The van der Waals surface area contributed by atoms with Gasteiger partial charge < -0.3 is 25.8 Å². The van der Waals surface area contributed by atoms with Crippen LogP contribution in [0.2, 0.25) is 0 Å². The minimum Gasteiger partial charge on any atom is -0.370 e. The molecule has 0 spiro atoms. The Balaban J connectivity index is 1.09. The molecule has 3 aliphatic rings. The van der Waals surface area contributed by atoms with E-state index in [1.54, 1.807) is 21.4 Å². The molecular weight excluding hydrogens is 590 g/mol. The molecule has 45 heavy (non-hydrogen) atoms. The zero-order valence-corrected chi connectivity index (χ0v) is 26.0. The van der Waals surface area contributed by atoms with Crippen LogP contribution in [0.15, 0.2) is 54.0 Å². The van der Waals surface area contributed by atoms with Gasteiger partial charge in [-0.05, 0) is 67.2 Å². The highest BCUT2D eigenvalue weighted by atomic mass is 32.1. The molecule has 236 valence electrons. The number of rotatable bonds is 10. The fourth-order valence-electron chi connectivity index (χ4n) is 7.16. The predicted octanol–water partition coefficient (Wildman–Crippen LogP) is 2.79. The molecule has 3 aromatic rings. The number of hydrogen-bond acceptors (Lipinski definition) is 7. The van der Waals surface area contributed by atoms with Crippen molar-refractivity contribution in [3.63, 3.8) is 0 Å². The van der Waals surface area contributed by atoms with Gasteiger partial charge in [-0.1, -0.05) is 42.5 Å². The third kappa shape index (κ3) is 6.56. The number of hydrogen-bond donors (Lipinski definition) is 3. The van der Waals surface area contributed by atoms with E-state index >= 15 is 0 Å². The van der Waals surface area contributed by atoms with Crippen molar-refractivity contribution in [2.24, 2.45) is 11.7 Å². The van der Waals surface area contributed by atoms with Gasteiger partial charge in [-0.3, -0.25) is 24.6 Å². The molecular formula is C33H39N7O4S. The minimum absolute atomic E-state index is 0.000541. The van der Waals surface area contributed by atoms with E-state index in [4.69, 9.17) is 11.1 Å². The van der Waals surface area contributed by atoms with Gasteiger partial charge in [-0.25, -0.2) is 4.98 Å². The maximum Gasteiger partial charge on any atom is 0.245 e. The molecule has 12 heteroatoms. The molecule has 1 aromatic heterocycles. The van der Waals surface area contributed by atoms with Crippen LogP contribution in [-0.4, -0.2) is 93.5 Å². The monoisotopic (exact) mass is 629 g/mol. The van der Waals surface area contributed by atoms with E-state index in [1.807, 2.05) is 18.2 Å². The first kappa shape index (κ1) is 30.7. The van der Waals surface area contributed by atoms with Gasteiger partial charge in [-0.2, -0.15) is 0 Å². The number of carbonyl (C=O) groups excluding carboxylic acids is 4. The Bertz CT molecular complexity index is 1590. The molecule has 6 rings (SSSR count). The molecule has 0 saturated carbocycles. The number of aryl methyl sites for hydroxylation is 1. The van der Waals surface area contributed by atoms with Crippen LogP contribution in [0.4, 0.5) is 0 Å². The number of ketones is 1. The molecule has 3 fully saturated rings. The SMILES string of the molecule is N=C(N)N1CCC[C@@H](C[C@H](NC(=O)[C@@H]2CC[C@H]3C(=O)N(CCCc4cccc5ccccc45)CC(=O)N23)C(=O)c2nccs2)C1. The average Bonchev–Trinajstić information content (AvgIpc) is 3.75. The summed E-state index contributed by atoms with van der Waals surface area (Å²) in [6, 6.07) is 12.1. The maximum atomic E-state index is 13.7. The Labute approximate surface area is 266 Å². The van der Waals surface area contributed by atoms with Crippen molar-refractivity contribution in [1.82, 2.24) is 25.0 Å². The second kappa shape index (κ2) is 13.4. The van der Waals surface area contributed by atoms with E-state index in [0.717, 1.165) is 25.7 Å². The van der Waals surface area contributed by atoms with E-state index in [0.29, 0.717) is 43.9 Å². The Kier molecular flexibility index (Phi) is 9.11. The topological polar surface area (TPSA) is 153 Å². The summed E-state index contributed by atoms with van der Waals surface area (Å²) in [6.45, 7) is 1.64. The second-order valence-electron chi connectivity index (χ2n) is 12.2. The van der Waals surface area contributed by atoms with Crippen LogP contribution in [0.5, 0.6) is 0 Å². The normalized spacial score (nSPS) is 22.4. The van der Waals surface area contributed by atoms with Crippen molar-refractivity contribution in [3.8, 4) is 0 Å². The van der Waals surface area contributed by atoms with Gasteiger partial charge in [0.1, 0.15) is 12.1 Å². The van der Waals surface area contributed by atoms with Crippen LogP contribution in [0, 0.1) is 11.3 Å². The zero-order chi connectivity index (χ0) is 31.5. The number of nitrogens with one attached hydrogen (secondary N) is 2. The molecule has 2 aromatic carbocycles. The Morgan fingerprint density at radius 1 is 1.11 bits per heavy atom. The second-order valence-corrected chi connectivity index (χ2v) is 13.1. The molecule has 0 aliphatic carbocycles. The van der Waals surface area contributed by atoms with Crippen molar-refractivity contribution in [2.45, 2.75) is 63.1 Å². The molecule has 0 radical (unpaired) electrons. The van der Waals surface area contributed by atoms with Crippen LogP contribution in [-0.2, 0) is 20.8 Å². The minimum atomic E-state index is -0.833. The first-order chi connectivity index (χ1) is 21.8. The summed E-state index contributed by atoms with van der Waals surface area (Å²) in [6.07, 6.45) is 5.90. The van der Waals surface area contributed by atoms with E-state index in [1.165, 1.54) is 32.6 Å². The molecule has 3 amide bonds. The Morgan fingerprint density at radius 3 is 2.73 bits per heavy atom. The molecule has 3 aliphatic heterocycles. The first-order valence-electron chi connectivity index (χ1n) is 15.7. The fourth-order valence-corrected chi connectivity index (χ4v) is 7.79. The Hall–Kier alpha value is -4.32. The van der Waals surface area contributed by atoms with Crippen LogP contribution >= 0.6 is 11.3 Å². The molecule has 3 saturated heterocycles. The summed E-state index contributed by atoms with van der Waals surface area (Å²) < 4.78 is 0. The van der Waals surface area contributed by atoms with Crippen LogP contribution in [0.1, 0.15) is 53.9 Å². The van der Waals surface area contributed by atoms with Crippen molar-refractivity contribution in [1.29, 1.82) is 5.41 Å². The molecule has 4 heterocycles. The Morgan fingerprint density at radius 2 is 1.93 bits per heavy atom. The lowest BCUT2D eigenvalue weighted by Gasteiger charge is -2.39. The van der Waals surface area contributed by atoms with Crippen molar-refractivity contribution >= 4 is 51.6 Å². The summed E-state index contributed by atoms with van der Waals surface area (Å²) >= 11 is 1.22. The van der Waals surface area contributed by atoms with Gasteiger partial charge in [0, 0.05) is 31.2 Å². The molecule has 0 bridgehead atoms. The van der Waals surface area contributed by atoms with Gasteiger partial charge in [0.15, 0.2) is 11.0 Å². The van der Waals surface area contributed by atoms with Crippen molar-refractivity contribution < 1.29 is 19.2 Å². The molecule has 0 unspecified atom stereocenters. The van der Waals surface area contributed by atoms with Crippen LogP contribution in [0.3, 0.4) is 0 Å². The summed E-state index contributed by atoms with van der Waals surface area (Å²) in [5.74, 6) is -1.00. The largest absolute Gasteiger partial charge is 0.370 e. The molecule has 4 N–H and O–H groups in total. The number of nitrogens with two attached hydrogens (primary N) is 1. The number of likely N-dealkylation sites (tertiary alicyclic amines) is 1. The van der Waals surface area contributed by atoms with Gasteiger partial charge in [-0.15, -0.1) is 11.3 Å². The quantitative estimate of drug-likeness (QED) is 0.177. The lowest BCUT2D eigenvalue weighted by molar-refractivity contribution is -0.157. The van der Waals surface area contributed by atoms with Gasteiger partial charge >= 0.3 is 0 Å². The number of piperidine rings is 1. The number of nitrogens with zero attached hydrogens (tertiary/aromatic N) is 4. The van der Waals surface area contributed by atoms with Crippen LogP contribution in [0.25, 0.3) is 10.8 Å². The van der Waals surface area contributed by atoms with E-state index in [-0.39, 0.29) is 36.0 Å². The number of benzene rings is 2.